The maximum absolute atomic E-state index is 5.50. The molecule has 0 saturated carbocycles. The Hall–Kier alpha value is -1.45. The number of hydrogen-bond donors (Lipinski definition) is 1. The Bertz CT molecular complexity index is 527. The third kappa shape index (κ3) is 3.31. The third-order valence-corrected chi connectivity index (χ3v) is 3.44. The summed E-state index contributed by atoms with van der Waals surface area (Å²) in [4.78, 5) is 4.36. The van der Waals surface area contributed by atoms with Gasteiger partial charge in [-0.1, -0.05) is 19.1 Å². The molecule has 0 fully saturated rings. The number of rotatable bonds is 6. The van der Waals surface area contributed by atoms with Gasteiger partial charge in [-0.25, -0.2) is 0 Å². The Morgan fingerprint density at radius 1 is 1.32 bits per heavy atom. The molecular weight excluding hydrogens is 236 g/mol. The highest BCUT2D eigenvalue weighted by Crippen LogP contribution is 2.22. The number of fused-ring (bicyclic) bond motifs is 1. The molecule has 1 heterocycles. The number of nitrogens with one attached hydrogen (secondary N) is 1. The molecule has 0 radical (unpaired) electrons. The molecule has 2 unspecified atom stereocenters. The third-order valence-electron chi connectivity index (χ3n) is 3.44. The quantitative estimate of drug-likeness (QED) is 0.863. The van der Waals surface area contributed by atoms with Gasteiger partial charge >= 0.3 is 0 Å². The van der Waals surface area contributed by atoms with Crippen molar-refractivity contribution in [3.63, 3.8) is 0 Å². The van der Waals surface area contributed by atoms with Gasteiger partial charge in [-0.2, -0.15) is 0 Å². The molecule has 0 aliphatic carbocycles. The van der Waals surface area contributed by atoms with Gasteiger partial charge in [0.05, 0.1) is 17.7 Å². The number of pyridine rings is 1. The molecule has 102 valence electrons. The van der Waals surface area contributed by atoms with E-state index >= 15 is 0 Å². The topological polar surface area (TPSA) is 34.2 Å². The minimum absolute atomic E-state index is 0.140. The minimum Gasteiger partial charge on any atom is -0.380 e. The van der Waals surface area contributed by atoms with Crippen molar-refractivity contribution in [2.45, 2.75) is 32.4 Å². The molecule has 0 aliphatic heterocycles. The van der Waals surface area contributed by atoms with E-state index in [1.165, 1.54) is 10.9 Å². The highest BCUT2D eigenvalue weighted by molar-refractivity contribution is 5.79. The van der Waals surface area contributed by atoms with E-state index in [0.29, 0.717) is 0 Å². The molecule has 1 aromatic heterocycles. The number of hydrogen-bond acceptors (Lipinski definition) is 3. The van der Waals surface area contributed by atoms with Crippen molar-refractivity contribution >= 4 is 10.9 Å². The van der Waals surface area contributed by atoms with Crippen LogP contribution in [0.25, 0.3) is 10.9 Å². The Labute approximate surface area is 115 Å². The predicted molar refractivity (Wildman–Crippen MR) is 79.2 cm³/mol. The normalized spacial score (nSPS) is 14.5. The van der Waals surface area contributed by atoms with Crippen molar-refractivity contribution < 1.29 is 4.74 Å². The van der Waals surface area contributed by atoms with Gasteiger partial charge in [0.2, 0.25) is 0 Å². The monoisotopic (exact) mass is 258 g/mol. The molecule has 2 aromatic rings. The van der Waals surface area contributed by atoms with Crippen molar-refractivity contribution in [3.8, 4) is 0 Å². The summed E-state index contributed by atoms with van der Waals surface area (Å²) in [6.45, 7) is 5.26. The molecule has 0 amide bonds. The predicted octanol–water partition coefficient (Wildman–Crippen LogP) is 3.31. The second kappa shape index (κ2) is 6.64. The first-order valence-corrected chi connectivity index (χ1v) is 6.87. The standard InChI is InChI=1S/C16H22N2O/c1-4-9-18-16(12(2)19-3)14-7-8-15-13(11-14)6-5-10-17-15/h5-8,10-12,16,18H,4,9H2,1-3H3. The summed E-state index contributed by atoms with van der Waals surface area (Å²) in [5, 5.41) is 4.73. The van der Waals surface area contributed by atoms with Crippen LogP contribution in [0.2, 0.25) is 0 Å². The van der Waals surface area contributed by atoms with Gasteiger partial charge in [0.15, 0.2) is 0 Å². The van der Waals surface area contributed by atoms with Crippen LogP contribution in [0.4, 0.5) is 0 Å². The van der Waals surface area contributed by atoms with Gasteiger partial charge in [-0.3, -0.25) is 4.98 Å². The van der Waals surface area contributed by atoms with Crippen molar-refractivity contribution in [1.82, 2.24) is 10.3 Å². The minimum atomic E-state index is 0.140. The second-order valence-electron chi connectivity index (χ2n) is 4.83. The first-order valence-electron chi connectivity index (χ1n) is 6.87. The largest absolute Gasteiger partial charge is 0.380 e. The fourth-order valence-electron chi connectivity index (χ4n) is 2.28. The molecule has 2 rings (SSSR count). The van der Waals surface area contributed by atoms with Gasteiger partial charge < -0.3 is 10.1 Å². The summed E-state index contributed by atoms with van der Waals surface area (Å²) < 4.78 is 5.50. The van der Waals surface area contributed by atoms with E-state index in [1.54, 1.807) is 7.11 Å². The van der Waals surface area contributed by atoms with E-state index in [9.17, 15) is 0 Å². The van der Waals surface area contributed by atoms with E-state index in [1.807, 2.05) is 12.3 Å². The average Bonchev–Trinajstić information content (AvgIpc) is 2.47. The maximum atomic E-state index is 5.50. The van der Waals surface area contributed by atoms with E-state index in [2.05, 4.69) is 48.4 Å². The summed E-state index contributed by atoms with van der Waals surface area (Å²) in [6, 6.07) is 10.7. The Morgan fingerprint density at radius 3 is 2.89 bits per heavy atom. The first kappa shape index (κ1) is 14.0. The summed E-state index contributed by atoms with van der Waals surface area (Å²) in [5.74, 6) is 0. The van der Waals surface area contributed by atoms with Crippen LogP contribution in [0.5, 0.6) is 0 Å². The Kier molecular flexibility index (Phi) is 4.88. The highest BCUT2D eigenvalue weighted by atomic mass is 16.5. The van der Waals surface area contributed by atoms with Gasteiger partial charge in [0.25, 0.3) is 0 Å². The molecule has 0 saturated heterocycles. The van der Waals surface area contributed by atoms with Crippen LogP contribution in [-0.4, -0.2) is 24.7 Å². The lowest BCUT2D eigenvalue weighted by Crippen LogP contribution is -2.32. The van der Waals surface area contributed by atoms with Crippen LogP contribution >= 0.6 is 0 Å². The number of ether oxygens (including phenoxy) is 1. The lowest BCUT2D eigenvalue weighted by Gasteiger charge is -2.24. The smallest absolute Gasteiger partial charge is 0.0737 e. The van der Waals surface area contributed by atoms with Gasteiger partial charge in [-0.15, -0.1) is 0 Å². The van der Waals surface area contributed by atoms with Gasteiger partial charge in [-0.05, 0) is 43.7 Å². The summed E-state index contributed by atoms with van der Waals surface area (Å²) in [7, 11) is 1.76. The van der Waals surface area contributed by atoms with E-state index < -0.39 is 0 Å². The first-order chi connectivity index (χ1) is 9.26. The zero-order valence-electron chi connectivity index (χ0n) is 11.9. The molecule has 3 nitrogen and oxygen atoms in total. The fraction of sp³-hybridized carbons (Fsp3) is 0.438. The van der Waals surface area contributed by atoms with Crippen molar-refractivity contribution in [1.29, 1.82) is 0 Å². The SMILES string of the molecule is CCCNC(c1ccc2ncccc2c1)C(C)OC. The molecule has 3 heteroatoms. The fourth-order valence-corrected chi connectivity index (χ4v) is 2.28. The van der Waals surface area contributed by atoms with Crippen LogP contribution in [0, 0.1) is 0 Å². The van der Waals surface area contributed by atoms with Crippen LogP contribution in [0.3, 0.4) is 0 Å². The molecular formula is C16H22N2O. The van der Waals surface area contributed by atoms with Crippen LogP contribution in [-0.2, 0) is 4.74 Å². The lowest BCUT2D eigenvalue weighted by atomic mass is 10.00. The summed E-state index contributed by atoms with van der Waals surface area (Å²) in [6.07, 6.45) is 3.08. The zero-order valence-corrected chi connectivity index (χ0v) is 11.9. The number of aromatic nitrogens is 1. The van der Waals surface area contributed by atoms with E-state index in [-0.39, 0.29) is 12.1 Å². The molecule has 19 heavy (non-hydrogen) atoms. The molecule has 0 spiro atoms. The summed E-state index contributed by atoms with van der Waals surface area (Å²) in [5.41, 5.74) is 2.29. The lowest BCUT2D eigenvalue weighted by molar-refractivity contribution is 0.0831. The molecule has 2 atom stereocenters. The van der Waals surface area contributed by atoms with Gasteiger partial charge in [0, 0.05) is 18.7 Å². The van der Waals surface area contributed by atoms with Crippen LogP contribution in [0.1, 0.15) is 31.9 Å². The highest BCUT2D eigenvalue weighted by Gasteiger charge is 2.18. The average molecular weight is 258 g/mol. The molecule has 0 bridgehead atoms. The number of methoxy groups -OCH3 is 1. The molecule has 1 N–H and O–H groups in total. The molecule has 0 aliphatic rings. The van der Waals surface area contributed by atoms with E-state index in [4.69, 9.17) is 4.74 Å². The van der Waals surface area contributed by atoms with Crippen molar-refractivity contribution in [2.75, 3.05) is 13.7 Å². The number of nitrogens with zero attached hydrogens (tertiary/aromatic N) is 1. The van der Waals surface area contributed by atoms with Crippen LogP contribution < -0.4 is 5.32 Å². The number of benzene rings is 1. The second-order valence-corrected chi connectivity index (χ2v) is 4.83. The van der Waals surface area contributed by atoms with E-state index in [0.717, 1.165) is 18.5 Å². The molecule has 1 aromatic carbocycles. The van der Waals surface area contributed by atoms with Crippen LogP contribution in [0.15, 0.2) is 36.5 Å². The Balaban J connectivity index is 2.32. The maximum Gasteiger partial charge on any atom is 0.0737 e. The zero-order chi connectivity index (χ0) is 13.7. The Morgan fingerprint density at radius 2 is 2.16 bits per heavy atom. The van der Waals surface area contributed by atoms with Gasteiger partial charge in [0.1, 0.15) is 0 Å². The van der Waals surface area contributed by atoms with Crippen molar-refractivity contribution in [2.24, 2.45) is 0 Å². The van der Waals surface area contributed by atoms with Crippen molar-refractivity contribution in [3.05, 3.63) is 42.1 Å². The summed E-state index contributed by atoms with van der Waals surface area (Å²) >= 11 is 0.